The number of nitrogens with zero attached hydrogens (tertiary/aromatic N) is 1. The number of benzene rings is 1. The van der Waals surface area contributed by atoms with Crippen LogP contribution in [0.3, 0.4) is 0 Å². The lowest BCUT2D eigenvalue weighted by Gasteiger charge is -2.17. The van der Waals surface area contributed by atoms with Gasteiger partial charge in [-0.2, -0.15) is 0 Å². The number of rotatable bonds is 6. The molecule has 21 heavy (non-hydrogen) atoms. The Hall–Kier alpha value is -0.900. The summed E-state index contributed by atoms with van der Waals surface area (Å²) in [5.74, 6) is 0. The first-order valence-electron chi connectivity index (χ1n) is 8.19. The van der Waals surface area contributed by atoms with Gasteiger partial charge in [-0.15, -0.1) is 11.3 Å². The van der Waals surface area contributed by atoms with Crippen LogP contribution in [0.4, 0.5) is 0 Å². The van der Waals surface area contributed by atoms with Crippen molar-refractivity contribution in [2.45, 2.75) is 39.2 Å². The maximum atomic E-state index is 3.71. The van der Waals surface area contributed by atoms with Crippen molar-refractivity contribution >= 4 is 21.4 Å². The average Bonchev–Trinajstić information content (AvgIpc) is 3.12. The third kappa shape index (κ3) is 3.47. The van der Waals surface area contributed by atoms with Crippen molar-refractivity contribution in [1.82, 2.24) is 10.2 Å². The quantitative estimate of drug-likeness (QED) is 0.798. The van der Waals surface area contributed by atoms with Crippen LogP contribution in [0.5, 0.6) is 0 Å². The molecule has 0 spiro atoms. The average molecular weight is 302 g/mol. The first kappa shape index (κ1) is 15.0. The topological polar surface area (TPSA) is 15.3 Å². The van der Waals surface area contributed by atoms with Crippen molar-refractivity contribution in [2.75, 3.05) is 26.2 Å². The third-order valence-electron chi connectivity index (χ3n) is 4.57. The van der Waals surface area contributed by atoms with E-state index < -0.39 is 0 Å². The van der Waals surface area contributed by atoms with Gasteiger partial charge < -0.3 is 10.2 Å². The smallest absolute Gasteiger partial charge is 0.0389 e. The van der Waals surface area contributed by atoms with Crippen LogP contribution < -0.4 is 5.32 Å². The molecule has 1 saturated heterocycles. The van der Waals surface area contributed by atoms with Crippen molar-refractivity contribution in [3.8, 4) is 0 Å². The second-order valence-electron chi connectivity index (χ2n) is 6.17. The number of hydrogen-bond acceptors (Lipinski definition) is 3. The zero-order valence-corrected chi connectivity index (χ0v) is 14.0. The molecule has 1 fully saturated rings. The molecule has 1 unspecified atom stereocenters. The summed E-state index contributed by atoms with van der Waals surface area (Å²) >= 11 is 1.94. The number of fused-ring (bicyclic) bond motifs is 1. The molecule has 114 valence electrons. The van der Waals surface area contributed by atoms with Crippen molar-refractivity contribution in [3.05, 3.63) is 34.7 Å². The Morgan fingerprint density at radius 3 is 2.76 bits per heavy atom. The molecule has 1 aromatic carbocycles. The predicted octanol–water partition coefficient (Wildman–Crippen LogP) is 4.35. The van der Waals surface area contributed by atoms with Gasteiger partial charge in [0, 0.05) is 15.6 Å². The van der Waals surface area contributed by atoms with Gasteiger partial charge >= 0.3 is 0 Å². The zero-order valence-electron chi connectivity index (χ0n) is 13.2. The molecule has 3 rings (SSSR count). The summed E-state index contributed by atoms with van der Waals surface area (Å²) in [7, 11) is 0. The van der Waals surface area contributed by atoms with E-state index in [2.05, 4.69) is 48.3 Å². The Balaban J connectivity index is 1.54. The van der Waals surface area contributed by atoms with E-state index in [1.807, 2.05) is 11.3 Å². The molecule has 1 N–H and O–H groups in total. The lowest BCUT2D eigenvalue weighted by Crippen LogP contribution is -2.26. The molecule has 1 aromatic heterocycles. The van der Waals surface area contributed by atoms with Gasteiger partial charge in [0.25, 0.3) is 0 Å². The summed E-state index contributed by atoms with van der Waals surface area (Å²) in [6.07, 6.45) is 4.05. The first-order valence-corrected chi connectivity index (χ1v) is 9.01. The fraction of sp³-hybridized carbons (Fsp3) is 0.556. The Labute approximate surface area is 132 Å². The lowest BCUT2D eigenvalue weighted by atomic mass is 10.1. The van der Waals surface area contributed by atoms with Crippen molar-refractivity contribution in [3.63, 3.8) is 0 Å². The fourth-order valence-corrected chi connectivity index (χ4v) is 4.56. The molecule has 1 atom stereocenters. The molecule has 1 aliphatic heterocycles. The van der Waals surface area contributed by atoms with Gasteiger partial charge in [-0.05, 0) is 76.3 Å². The summed E-state index contributed by atoms with van der Waals surface area (Å²) < 4.78 is 1.41. The minimum absolute atomic E-state index is 0.459. The van der Waals surface area contributed by atoms with E-state index in [1.54, 1.807) is 0 Å². The first-order chi connectivity index (χ1) is 10.3. The van der Waals surface area contributed by atoms with Gasteiger partial charge in [-0.3, -0.25) is 0 Å². The van der Waals surface area contributed by atoms with Gasteiger partial charge in [0.2, 0.25) is 0 Å². The van der Waals surface area contributed by atoms with E-state index in [4.69, 9.17) is 0 Å². The molecule has 3 heteroatoms. The van der Waals surface area contributed by atoms with Crippen LogP contribution in [0.25, 0.3) is 10.1 Å². The van der Waals surface area contributed by atoms with Gasteiger partial charge in [-0.25, -0.2) is 0 Å². The summed E-state index contributed by atoms with van der Waals surface area (Å²) in [6.45, 7) is 9.55. The summed E-state index contributed by atoms with van der Waals surface area (Å²) in [6, 6.07) is 9.21. The van der Waals surface area contributed by atoms with E-state index in [0.717, 1.165) is 6.54 Å². The van der Waals surface area contributed by atoms with Crippen molar-refractivity contribution in [1.29, 1.82) is 0 Å². The molecule has 1 aliphatic rings. The Morgan fingerprint density at radius 1 is 1.24 bits per heavy atom. The second kappa shape index (κ2) is 6.91. The molecule has 0 radical (unpaired) electrons. The minimum Gasteiger partial charge on any atom is -0.309 e. The number of thiophene rings is 1. The SMILES string of the molecule is Cc1c(C(C)NCCCN2CCCC2)sc2ccccc12. The number of nitrogens with one attached hydrogen (secondary N) is 1. The maximum absolute atomic E-state index is 3.71. The molecule has 0 aliphatic carbocycles. The highest BCUT2D eigenvalue weighted by molar-refractivity contribution is 7.19. The van der Waals surface area contributed by atoms with Gasteiger partial charge in [0.1, 0.15) is 0 Å². The minimum atomic E-state index is 0.459. The highest BCUT2D eigenvalue weighted by atomic mass is 32.1. The fourth-order valence-electron chi connectivity index (χ4n) is 3.33. The van der Waals surface area contributed by atoms with E-state index in [9.17, 15) is 0 Å². The Morgan fingerprint density at radius 2 is 2.00 bits per heavy atom. The zero-order chi connectivity index (χ0) is 14.7. The highest BCUT2D eigenvalue weighted by Gasteiger charge is 2.14. The Kier molecular flexibility index (Phi) is 4.94. The summed E-state index contributed by atoms with van der Waals surface area (Å²) in [5.41, 5.74) is 1.45. The number of aryl methyl sites for hydroxylation is 1. The van der Waals surface area contributed by atoms with Crippen LogP contribution in [0.1, 0.15) is 42.7 Å². The molecule has 2 nitrogen and oxygen atoms in total. The summed E-state index contributed by atoms with van der Waals surface area (Å²) in [5, 5.41) is 5.13. The van der Waals surface area contributed by atoms with Gasteiger partial charge in [0.05, 0.1) is 0 Å². The van der Waals surface area contributed by atoms with Crippen molar-refractivity contribution in [2.24, 2.45) is 0 Å². The largest absolute Gasteiger partial charge is 0.309 e. The molecular formula is C18H26N2S. The van der Waals surface area contributed by atoms with Crippen LogP contribution in [-0.4, -0.2) is 31.1 Å². The van der Waals surface area contributed by atoms with E-state index >= 15 is 0 Å². The molecule has 2 heterocycles. The normalized spacial score (nSPS) is 17.6. The number of hydrogen-bond donors (Lipinski definition) is 1. The van der Waals surface area contributed by atoms with Gasteiger partial charge in [-0.1, -0.05) is 18.2 Å². The lowest BCUT2D eigenvalue weighted by molar-refractivity contribution is 0.328. The van der Waals surface area contributed by atoms with Gasteiger partial charge in [0.15, 0.2) is 0 Å². The van der Waals surface area contributed by atoms with Crippen LogP contribution in [0.2, 0.25) is 0 Å². The maximum Gasteiger partial charge on any atom is 0.0389 e. The molecular weight excluding hydrogens is 276 g/mol. The molecule has 2 aromatic rings. The van der Waals surface area contributed by atoms with Crippen LogP contribution in [0, 0.1) is 6.92 Å². The monoisotopic (exact) mass is 302 g/mol. The van der Waals surface area contributed by atoms with E-state index in [1.165, 1.54) is 59.4 Å². The van der Waals surface area contributed by atoms with Crippen LogP contribution >= 0.6 is 11.3 Å². The predicted molar refractivity (Wildman–Crippen MR) is 93.3 cm³/mol. The summed E-state index contributed by atoms with van der Waals surface area (Å²) in [4.78, 5) is 4.09. The third-order valence-corrected chi connectivity index (χ3v) is 6.03. The molecule has 0 amide bonds. The van der Waals surface area contributed by atoms with Crippen molar-refractivity contribution < 1.29 is 0 Å². The standard InChI is InChI=1S/C18H26N2S/c1-14-16-8-3-4-9-17(16)21-18(14)15(2)19-10-7-13-20-11-5-6-12-20/h3-4,8-9,15,19H,5-7,10-13H2,1-2H3. The van der Waals surface area contributed by atoms with E-state index in [-0.39, 0.29) is 0 Å². The number of likely N-dealkylation sites (tertiary alicyclic amines) is 1. The molecule has 0 bridgehead atoms. The van der Waals surface area contributed by atoms with Crippen LogP contribution in [0.15, 0.2) is 24.3 Å². The van der Waals surface area contributed by atoms with E-state index in [0.29, 0.717) is 6.04 Å². The molecule has 0 saturated carbocycles. The Bertz CT molecular complexity index is 584. The highest BCUT2D eigenvalue weighted by Crippen LogP contribution is 2.34. The van der Waals surface area contributed by atoms with Crippen LogP contribution in [-0.2, 0) is 0 Å². The second-order valence-corrected chi connectivity index (χ2v) is 7.25.